The van der Waals surface area contributed by atoms with Crippen molar-refractivity contribution < 1.29 is 23.8 Å². The third-order valence-electron chi connectivity index (χ3n) is 4.68. The van der Waals surface area contributed by atoms with E-state index in [0.717, 1.165) is 13.1 Å². The highest BCUT2D eigenvalue weighted by Crippen LogP contribution is 2.40. The summed E-state index contributed by atoms with van der Waals surface area (Å²) in [4.78, 5) is 14.8. The molecular weight excluding hydrogens is 373 g/mol. The van der Waals surface area contributed by atoms with E-state index in [1.807, 2.05) is 0 Å². The van der Waals surface area contributed by atoms with Crippen LogP contribution in [-0.4, -0.2) is 42.1 Å². The van der Waals surface area contributed by atoms with Crippen molar-refractivity contribution in [2.75, 3.05) is 26.3 Å². The molecule has 0 amide bonds. The molecule has 0 aromatic heterocycles. The van der Waals surface area contributed by atoms with Crippen molar-refractivity contribution in [1.29, 1.82) is 0 Å². The quantitative estimate of drug-likeness (QED) is 0.812. The minimum absolute atomic E-state index is 0.0224. The summed E-state index contributed by atoms with van der Waals surface area (Å²) in [6.07, 6.45) is 1.30. The van der Waals surface area contributed by atoms with Gasteiger partial charge >= 0.3 is 0 Å². The Hall–Kier alpha value is -2.41. The van der Waals surface area contributed by atoms with Gasteiger partial charge in [0.05, 0.1) is 29.4 Å². The first kappa shape index (κ1) is 18.0. The summed E-state index contributed by atoms with van der Waals surface area (Å²) in [7, 11) is 0. The molecule has 5 nitrogen and oxygen atoms in total. The smallest absolute Gasteiger partial charge is 0.231 e. The number of morpholine rings is 1. The maximum atomic E-state index is 14.1. The Morgan fingerprint density at radius 3 is 2.74 bits per heavy atom. The van der Waals surface area contributed by atoms with E-state index < -0.39 is 5.82 Å². The highest BCUT2D eigenvalue weighted by molar-refractivity contribution is 6.32. The maximum Gasteiger partial charge on any atom is 0.231 e. The summed E-state index contributed by atoms with van der Waals surface area (Å²) in [5, 5.41) is 10.5. The van der Waals surface area contributed by atoms with Crippen LogP contribution in [0.1, 0.15) is 21.5 Å². The van der Waals surface area contributed by atoms with Crippen LogP contribution in [0.25, 0.3) is 6.08 Å². The number of ketones is 1. The number of fused-ring (bicyclic) bond motifs is 1. The molecule has 2 heterocycles. The number of nitrogens with zero attached hydrogens (tertiary/aromatic N) is 1. The molecule has 1 fully saturated rings. The van der Waals surface area contributed by atoms with Gasteiger partial charge in [-0.25, -0.2) is 4.39 Å². The van der Waals surface area contributed by atoms with E-state index in [1.54, 1.807) is 6.07 Å². The van der Waals surface area contributed by atoms with Gasteiger partial charge < -0.3 is 14.6 Å². The second-order valence-corrected chi connectivity index (χ2v) is 6.81. The van der Waals surface area contributed by atoms with Crippen LogP contribution < -0.4 is 4.74 Å². The zero-order valence-corrected chi connectivity index (χ0v) is 15.1. The molecule has 4 rings (SSSR count). The van der Waals surface area contributed by atoms with Crippen molar-refractivity contribution in [2.24, 2.45) is 0 Å². The second-order valence-electron chi connectivity index (χ2n) is 6.40. The topological polar surface area (TPSA) is 59.0 Å². The molecule has 1 saturated heterocycles. The number of hydrogen-bond acceptors (Lipinski definition) is 5. The lowest BCUT2D eigenvalue weighted by molar-refractivity contribution is 0.0336. The van der Waals surface area contributed by atoms with Crippen molar-refractivity contribution in [1.82, 2.24) is 4.90 Å². The van der Waals surface area contributed by atoms with E-state index in [1.165, 1.54) is 30.3 Å². The summed E-state index contributed by atoms with van der Waals surface area (Å²) >= 11 is 6.04. The molecule has 0 radical (unpaired) electrons. The fourth-order valence-corrected chi connectivity index (χ4v) is 3.43. The van der Waals surface area contributed by atoms with Crippen LogP contribution in [0, 0.1) is 5.82 Å². The number of halogens is 2. The van der Waals surface area contributed by atoms with Crippen LogP contribution in [0.4, 0.5) is 4.39 Å². The molecule has 2 aromatic carbocycles. The minimum Gasteiger partial charge on any atom is -0.507 e. The first-order chi connectivity index (χ1) is 13.0. The second kappa shape index (κ2) is 7.31. The van der Waals surface area contributed by atoms with Gasteiger partial charge in [-0.1, -0.05) is 17.7 Å². The number of phenols is 1. The van der Waals surface area contributed by atoms with Crippen molar-refractivity contribution in [3.63, 3.8) is 0 Å². The maximum absolute atomic E-state index is 14.1. The predicted molar refractivity (Wildman–Crippen MR) is 98.5 cm³/mol. The van der Waals surface area contributed by atoms with Gasteiger partial charge in [0.15, 0.2) is 5.76 Å². The van der Waals surface area contributed by atoms with Crippen molar-refractivity contribution >= 4 is 23.5 Å². The van der Waals surface area contributed by atoms with Crippen molar-refractivity contribution in [3.8, 4) is 11.5 Å². The number of rotatable bonds is 3. The lowest BCUT2D eigenvalue weighted by Crippen LogP contribution is -2.35. The van der Waals surface area contributed by atoms with Crippen LogP contribution in [-0.2, 0) is 11.3 Å². The zero-order valence-electron chi connectivity index (χ0n) is 14.4. The fraction of sp³-hybridized carbons (Fsp3) is 0.250. The molecule has 7 heteroatoms. The molecule has 2 aliphatic heterocycles. The van der Waals surface area contributed by atoms with Gasteiger partial charge in [-0.3, -0.25) is 9.69 Å². The number of phenolic OH excluding ortho intramolecular Hbond substituents is 1. The first-order valence-corrected chi connectivity index (χ1v) is 8.95. The molecule has 2 aromatic rings. The van der Waals surface area contributed by atoms with Gasteiger partial charge in [0.1, 0.15) is 17.3 Å². The van der Waals surface area contributed by atoms with Crippen LogP contribution in [0.15, 0.2) is 36.1 Å². The highest BCUT2D eigenvalue weighted by atomic mass is 35.5. The molecule has 2 aliphatic rings. The average Bonchev–Trinajstić information content (AvgIpc) is 2.98. The van der Waals surface area contributed by atoms with Crippen molar-refractivity contribution in [2.45, 2.75) is 6.54 Å². The lowest BCUT2D eigenvalue weighted by Gasteiger charge is -2.27. The molecule has 140 valence electrons. The van der Waals surface area contributed by atoms with Gasteiger partial charge in [0.2, 0.25) is 5.78 Å². The number of ether oxygens (including phenoxy) is 2. The number of Topliss-reactive ketones (excluding diaryl/α,β-unsaturated/α-hetero) is 1. The van der Waals surface area contributed by atoms with Crippen LogP contribution in [0.2, 0.25) is 5.02 Å². The molecule has 0 saturated carbocycles. The van der Waals surface area contributed by atoms with E-state index in [2.05, 4.69) is 4.90 Å². The van der Waals surface area contributed by atoms with Gasteiger partial charge in [-0.15, -0.1) is 0 Å². The standard InChI is InChI=1S/C20H17ClFNO4/c21-15-2-1-3-16(22)13(15)10-18-19(25)12-4-5-17(24)14(20(12)27-18)11-23-6-8-26-9-7-23/h1-5,10,24H,6-9,11H2/b18-10-. The third kappa shape index (κ3) is 3.43. The fourth-order valence-electron chi connectivity index (χ4n) is 3.21. The van der Waals surface area contributed by atoms with Gasteiger partial charge in [-0.05, 0) is 30.3 Å². The number of carbonyl (C=O) groups is 1. The van der Waals surface area contributed by atoms with E-state index in [9.17, 15) is 14.3 Å². The molecule has 0 unspecified atom stereocenters. The SMILES string of the molecule is O=C1/C(=C/c2c(F)cccc2Cl)Oc2c1ccc(O)c2CN1CCOCC1. The summed E-state index contributed by atoms with van der Waals surface area (Å²) < 4.78 is 25.1. The molecular formula is C20H17ClFNO4. The van der Waals surface area contributed by atoms with Gasteiger partial charge in [0, 0.05) is 25.2 Å². The summed E-state index contributed by atoms with van der Waals surface area (Å²) in [6, 6.07) is 7.29. The number of hydrogen-bond donors (Lipinski definition) is 1. The molecule has 0 spiro atoms. The summed E-state index contributed by atoms with van der Waals surface area (Å²) in [5.41, 5.74) is 0.967. The predicted octanol–water partition coefficient (Wildman–Crippen LogP) is 3.63. The number of carbonyl (C=O) groups excluding carboxylic acids is 1. The van der Waals surface area contributed by atoms with E-state index in [-0.39, 0.29) is 27.9 Å². The average molecular weight is 390 g/mol. The largest absolute Gasteiger partial charge is 0.507 e. The first-order valence-electron chi connectivity index (χ1n) is 8.58. The number of benzene rings is 2. The monoisotopic (exact) mass is 389 g/mol. The normalized spacial score (nSPS) is 18.6. The van der Waals surface area contributed by atoms with Crippen LogP contribution in [0.5, 0.6) is 11.5 Å². The van der Waals surface area contributed by atoms with Gasteiger partial charge in [-0.2, -0.15) is 0 Å². The van der Waals surface area contributed by atoms with Crippen LogP contribution >= 0.6 is 11.6 Å². The minimum atomic E-state index is -0.543. The van der Waals surface area contributed by atoms with E-state index in [0.29, 0.717) is 36.6 Å². The third-order valence-corrected chi connectivity index (χ3v) is 5.01. The number of aromatic hydroxyl groups is 1. The molecule has 27 heavy (non-hydrogen) atoms. The summed E-state index contributed by atoms with van der Waals surface area (Å²) in [6.45, 7) is 3.12. The Kier molecular flexibility index (Phi) is 4.86. The zero-order chi connectivity index (χ0) is 19.0. The Bertz CT molecular complexity index is 918. The molecule has 0 bridgehead atoms. The Morgan fingerprint density at radius 2 is 2.00 bits per heavy atom. The Balaban J connectivity index is 1.69. The van der Waals surface area contributed by atoms with Gasteiger partial charge in [0.25, 0.3) is 0 Å². The number of allylic oxidation sites excluding steroid dienone is 1. The van der Waals surface area contributed by atoms with Crippen molar-refractivity contribution in [3.05, 3.63) is 63.6 Å². The molecule has 0 aliphatic carbocycles. The molecule has 1 N–H and O–H groups in total. The Morgan fingerprint density at radius 1 is 1.22 bits per heavy atom. The molecule has 0 atom stereocenters. The Labute approximate surface area is 160 Å². The van der Waals surface area contributed by atoms with Crippen LogP contribution in [0.3, 0.4) is 0 Å². The summed E-state index contributed by atoms with van der Waals surface area (Å²) in [5.74, 6) is -0.569. The highest BCUT2D eigenvalue weighted by Gasteiger charge is 2.32. The van der Waals surface area contributed by atoms with E-state index >= 15 is 0 Å². The van der Waals surface area contributed by atoms with E-state index in [4.69, 9.17) is 21.1 Å². The lowest BCUT2D eigenvalue weighted by atomic mass is 10.0.